The summed E-state index contributed by atoms with van der Waals surface area (Å²) in [5.74, 6) is -0.105. The van der Waals surface area contributed by atoms with Crippen LogP contribution in [0.1, 0.15) is 28.8 Å². The Morgan fingerprint density at radius 3 is 2.85 bits per heavy atom. The molecule has 1 saturated heterocycles. The van der Waals surface area contributed by atoms with Gasteiger partial charge in [0.25, 0.3) is 5.91 Å². The summed E-state index contributed by atoms with van der Waals surface area (Å²) in [5, 5.41) is 8.94. The molecule has 3 N–H and O–H groups in total. The summed E-state index contributed by atoms with van der Waals surface area (Å²) in [6, 6.07) is 6.99. The van der Waals surface area contributed by atoms with Gasteiger partial charge in [0.05, 0.1) is 12.2 Å². The van der Waals surface area contributed by atoms with Gasteiger partial charge < -0.3 is 30.3 Å². The fourth-order valence-corrected chi connectivity index (χ4v) is 4.10. The van der Waals surface area contributed by atoms with Crippen LogP contribution in [0.3, 0.4) is 0 Å². The third-order valence-electron chi connectivity index (χ3n) is 5.81. The van der Waals surface area contributed by atoms with E-state index in [1.54, 1.807) is 36.3 Å². The molecule has 2 aliphatic heterocycles. The van der Waals surface area contributed by atoms with Gasteiger partial charge in [0, 0.05) is 44.0 Å². The molecule has 2 aliphatic rings. The molecule has 0 aliphatic carbocycles. The number of nitrogens with one attached hydrogen (secondary N) is 3. The molecule has 10 heteroatoms. The van der Waals surface area contributed by atoms with Crippen molar-refractivity contribution in [2.75, 3.05) is 44.0 Å². The van der Waals surface area contributed by atoms with Crippen molar-refractivity contribution in [2.24, 2.45) is 0 Å². The molecule has 180 valence electrons. The minimum atomic E-state index is -0.562. The highest BCUT2D eigenvalue weighted by Crippen LogP contribution is 2.32. The second-order valence-electron chi connectivity index (χ2n) is 8.12. The first-order valence-electron chi connectivity index (χ1n) is 11.2. The van der Waals surface area contributed by atoms with Gasteiger partial charge >= 0.3 is 0 Å². The highest BCUT2D eigenvalue weighted by atomic mass is 19.1. The van der Waals surface area contributed by atoms with E-state index in [9.17, 15) is 9.59 Å². The van der Waals surface area contributed by atoms with Crippen molar-refractivity contribution in [1.29, 1.82) is 0 Å². The monoisotopic (exact) mass is 469 g/mol. The Morgan fingerprint density at radius 2 is 2.12 bits per heavy atom. The number of piperidine rings is 1. The maximum atomic E-state index is 15.3. The average Bonchev–Trinajstić information content (AvgIpc) is 3.25. The number of likely N-dealkylation sites (tertiary alicyclic amines) is 1. The van der Waals surface area contributed by atoms with Crippen LogP contribution in [-0.4, -0.2) is 61.2 Å². The van der Waals surface area contributed by atoms with Crippen molar-refractivity contribution in [1.82, 2.24) is 15.2 Å². The quantitative estimate of drug-likeness (QED) is 0.383. The van der Waals surface area contributed by atoms with Gasteiger partial charge in [-0.25, -0.2) is 9.37 Å². The number of halogens is 1. The Hall–Kier alpha value is -3.66. The zero-order valence-electron chi connectivity index (χ0n) is 19.0. The molecule has 0 bridgehead atoms. The van der Waals surface area contributed by atoms with E-state index in [0.717, 1.165) is 12.8 Å². The summed E-state index contributed by atoms with van der Waals surface area (Å²) in [4.78, 5) is 30.5. The number of pyridine rings is 1. The fraction of sp³-hybridized carbons (Fsp3) is 0.375. The van der Waals surface area contributed by atoms with Crippen LogP contribution in [0.2, 0.25) is 0 Å². The van der Waals surface area contributed by atoms with E-state index in [4.69, 9.17) is 9.47 Å². The molecule has 34 heavy (non-hydrogen) atoms. The number of aromatic nitrogens is 1. The third kappa shape index (κ3) is 5.12. The van der Waals surface area contributed by atoms with Crippen LogP contribution in [0.4, 0.5) is 21.7 Å². The van der Waals surface area contributed by atoms with Gasteiger partial charge in [-0.1, -0.05) is 6.58 Å². The molecular formula is C24H28FN5O4. The van der Waals surface area contributed by atoms with Crippen LogP contribution in [0.15, 0.2) is 36.9 Å². The Kier molecular flexibility index (Phi) is 7.27. The SMILES string of the molecule is C=CC(=O)N1CCCC(Nc2nc(Nc3ccc(OCCOC)cc3)c3c(c2F)CNC3=O)C1. The summed E-state index contributed by atoms with van der Waals surface area (Å²) < 4.78 is 25.8. The molecule has 1 aromatic heterocycles. The van der Waals surface area contributed by atoms with Crippen LogP contribution in [0, 0.1) is 5.82 Å². The first-order chi connectivity index (χ1) is 16.5. The number of hydrogen-bond donors (Lipinski definition) is 3. The molecule has 2 amide bonds. The summed E-state index contributed by atoms with van der Waals surface area (Å²) >= 11 is 0. The topological polar surface area (TPSA) is 105 Å². The normalized spacial score (nSPS) is 17.1. The van der Waals surface area contributed by atoms with Crippen LogP contribution >= 0.6 is 0 Å². The number of rotatable bonds is 9. The summed E-state index contributed by atoms with van der Waals surface area (Å²) in [7, 11) is 1.61. The molecule has 2 aromatic rings. The minimum absolute atomic E-state index is 0.0511. The van der Waals surface area contributed by atoms with Crippen molar-refractivity contribution in [2.45, 2.75) is 25.4 Å². The number of nitrogens with zero attached hydrogens (tertiary/aromatic N) is 2. The van der Waals surface area contributed by atoms with Gasteiger partial charge in [-0.05, 0) is 43.2 Å². The Balaban J connectivity index is 1.55. The maximum absolute atomic E-state index is 15.3. The molecule has 4 rings (SSSR count). The van der Waals surface area contributed by atoms with Crippen LogP contribution < -0.4 is 20.7 Å². The van der Waals surface area contributed by atoms with Gasteiger partial charge in [-0.2, -0.15) is 0 Å². The molecule has 0 spiro atoms. The van der Waals surface area contributed by atoms with E-state index in [-0.39, 0.29) is 47.2 Å². The van der Waals surface area contributed by atoms with Gasteiger partial charge in [-0.3, -0.25) is 9.59 Å². The molecular weight excluding hydrogens is 441 g/mol. The summed E-state index contributed by atoms with van der Waals surface area (Å²) in [6.07, 6.45) is 2.83. The summed E-state index contributed by atoms with van der Waals surface area (Å²) in [5.41, 5.74) is 1.13. The van der Waals surface area contributed by atoms with E-state index < -0.39 is 5.82 Å². The zero-order chi connectivity index (χ0) is 24.1. The number of fused-ring (bicyclic) bond motifs is 1. The predicted molar refractivity (Wildman–Crippen MR) is 126 cm³/mol. The third-order valence-corrected chi connectivity index (χ3v) is 5.81. The maximum Gasteiger partial charge on any atom is 0.255 e. The smallest absolute Gasteiger partial charge is 0.255 e. The molecule has 1 unspecified atom stereocenters. The molecule has 1 aromatic carbocycles. The van der Waals surface area contributed by atoms with Crippen LogP contribution in [-0.2, 0) is 16.1 Å². The molecule has 9 nitrogen and oxygen atoms in total. The molecule has 1 fully saturated rings. The van der Waals surface area contributed by atoms with E-state index in [1.807, 2.05) is 0 Å². The van der Waals surface area contributed by atoms with E-state index >= 15 is 4.39 Å². The van der Waals surface area contributed by atoms with E-state index in [1.165, 1.54) is 6.08 Å². The van der Waals surface area contributed by atoms with Crippen molar-refractivity contribution < 1.29 is 23.5 Å². The van der Waals surface area contributed by atoms with Crippen molar-refractivity contribution in [3.05, 3.63) is 53.9 Å². The lowest BCUT2D eigenvalue weighted by Crippen LogP contribution is -2.44. The lowest BCUT2D eigenvalue weighted by molar-refractivity contribution is -0.127. The Labute approximate surface area is 197 Å². The number of amides is 2. The minimum Gasteiger partial charge on any atom is -0.491 e. The number of benzene rings is 1. The highest BCUT2D eigenvalue weighted by molar-refractivity contribution is 6.03. The van der Waals surface area contributed by atoms with Crippen LogP contribution in [0.5, 0.6) is 5.75 Å². The number of hydrogen-bond acceptors (Lipinski definition) is 7. The van der Waals surface area contributed by atoms with Crippen molar-refractivity contribution >= 4 is 29.1 Å². The average molecular weight is 470 g/mol. The largest absolute Gasteiger partial charge is 0.491 e. The van der Waals surface area contributed by atoms with Crippen molar-refractivity contribution in [3.8, 4) is 5.75 Å². The molecule has 0 saturated carbocycles. The zero-order valence-corrected chi connectivity index (χ0v) is 19.0. The number of carbonyl (C=O) groups is 2. The lowest BCUT2D eigenvalue weighted by Gasteiger charge is -2.33. The van der Waals surface area contributed by atoms with Gasteiger partial charge in [0.1, 0.15) is 18.2 Å². The molecule has 3 heterocycles. The standard InChI is InChI=1S/C24H28FN5O4/c1-3-19(31)30-10-4-5-16(14-30)28-23-21(25)18-13-26-24(32)20(18)22(29-23)27-15-6-8-17(9-7-15)34-12-11-33-2/h3,6-9,16H,1,4-5,10-14H2,2H3,(H,26,32)(H2,27,28,29). The molecule has 1 atom stereocenters. The van der Waals surface area contributed by atoms with Crippen LogP contribution in [0.25, 0.3) is 0 Å². The van der Waals surface area contributed by atoms with Gasteiger partial charge in [0.2, 0.25) is 5.91 Å². The first-order valence-corrected chi connectivity index (χ1v) is 11.2. The van der Waals surface area contributed by atoms with Crippen molar-refractivity contribution in [3.63, 3.8) is 0 Å². The van der Waals surface area contributed by atoms with Gasteiger partial charge in [-0.15, -0.1) is 0 Å². The lowest BCUT2D eigenvalue weighted by atomic mass is 10.0. The Bertz CT molecular complexity index is 1080. The summed E-state index contributed by atoms with van der Waals surface area (Å²) in [6.45, 7) is 5.60. The first kappa shape index (κ1) is 23.5. The number of ether oxygens (including phenoxy) is 2. The van der Waals surface area contributed by atoms with E-state index in [2.05, 4.69) is 27.5 Å². The number of methoxy groups -OCH3 is 1. The second kappa shape index (κ2) is 10.5. The van der Waals surface area contributed by atoms with Gasteiger partial charge in [0.15, 0.2) is 11.6 Å². The van der Waals surface area contributed by atoms with E-state index in [0.29, 0.717) is 37.7 Å². The highest BCUT2D eigenvalue weighted by Gasteiger charge is 2.31. The molecule has 0 radical (unpaired) electrons. The predicted octanol–water partition coefficient (Wildman–Crippen LogP) is 2.82. The number of carbonyl (C=O) groups excluding carboxylic acids is 2. The number of anilines is 3. The Morgan fingerprint density at radius 1 is 1.32 bits per heavy atom. The fourth-order valence-electron chi connectivity index (χ4n) is 4.10. The second-order valence-corrected chi connectivity index (χ2v) is 8.12.